The van der Waals surface area contributed by atoms with E-state index in [2.05, 4.69) is 4.98 Å². The standard InChI is InChI=1S/C22H23N5O4.ClH/c1-27(2)15-5-4-6-16(12-15)30-19-10-14(22(25)28)11-20(26-19)31-18-9-13(21(23)24)7-8-17(18)29-3;/h4-12H,1-3H3,(H3,23,24)(H2,25,28);1H. The van der Waals surface area contributed by atoms with Gasteiger partial charge in [0.1, 0.15) is 11.6 Å². The molecule has 32 heavy (non-hydrogen) atoms. The van der Waals surface area contributed by atoms with Gasteiger partial charge in [-0.25, -0.2) is 0 Å². The second-order valence-electron chi connectivity index (χ2n) is 6.77. The summed E-state index contributed by atoms with van der Waals surface area (Å²) in [6.07, 6.45) is 0. The van der Waals surface area contributed by atoms with Crippen molar-refractivity contribution in [1.82, 2.24) is 4.98 Å². The van der Waals surface area contributed by atoms with Crippen molar-refractivity contribution in [3.05, 3.63) is 65.7 Å². The van der Waals surface area contributed by atoms with Gasteiger partial charge in [-0.15, -0.1) is 12.4 Å². The minimum Gasteiger partial charge on any atom is -0.493 e. The van der Waals surface area contributed by atoms with Crippen LogP contribution < -0.4 is 30.6 Å². The van der Waals surface area contributed by atoms with Crippen molar-refractivity contribution in [2.75, 3.05) is 26.1 Å². The monoisotopic (exact) mass is 457 g/mol. The lowest BCUT2D eigenvalue weighted by molar-refractivity contribution is 0.0999. The highest BCUT2D eigenvalue weighted by Crippen LogP contribution is 2.33. The Bertz CT molecular complexity index is 1140. The first-order valence-corrected chi connectivity index (χ1v) is 9.24. The highest BCUT2D eigenvalue weighted by molar-refractivity contribution is 5.95. The summed E-state index contributed by atoms with van der Waals surface area (Å²) in [5.74, 6) is 0.599. The van der Waals surface area contributed by atoms with Gasteiger partial charge in [0.05, 0.1) is 7.11 Å². The Morgan fingerprint density at radius 3 is 2.22 bits per heavy atom. The first kappa shape index (κ1) is 24.3. The molecule has 0 aliphatic heterocycles. The maximum atomic E-state index is 11.8. The van der Waals surface area contributed by atoms with Crippen LogP contribution in [0, 0.1) is 5.41 Å². The van der Waals surface area contributed by atoms with Crippen molar-refractivity contribution in [3.8, 4) is 29.0 Å². The molecule has 0 saturated heterocycles. The third-order valence-corrected chi connectivity index (χ3v) is 4.31. The third kappa shape index (κ3) is 5.79. The highest BCUT2D eigenvalue weighted by atomic mass is 35.5. The van der Waals surface area contributed by atoms with E-state index in [4.69, 9.17) is 31.1 Å². The minimum atomic E-state index is -0.663. The van der Waals surface area contributed by atoms with Crippen LogP contribution in [0.2, 0.25) is 0 Å². The number of nitrogens with two attached hydrogens (primary N) is 2. The molecule has 10 heteroatoms. The van der Waals surface area contributed by atoms with Crippen molar-refractivity contribution in [2.45, 2.75) is 0 Å². The summed E-state index contributed by atoms with van der Waals surface area (Å²) in [4.78, 5) is 18.1. The summed E-state index contributed by atoms with van der Waals surface area (Å²) >= 11 is 0. The number of rotatable bonds is 8. The number of halogens is 1. The van der Waals surface area contributed by atoms with Crippen molar-refractivity contribution >= 4 is 29.8 Å². The van der Waals surface area contributed by atoms with Gasteiger partial charge in [0.25, 0.3) is 0 Å². The molecule has 0 atom stereocenters. The quantitative estimate of drug-likeness (QED) is 0.347. The van der Waals surface area contributed by atoms with Crippen LogP contribution >= 0.6 is 12.4 Å². The van der Waals surface area contributed by atoms with Gasteiger partial charge in [-0.3, -0.25) is 10.2 Å². The van der Waals surface area contributed by atoms with Crippen LogP contribution in [0.1, 0.15) is 15.9 Å². The number of methoxy groups -OCH3 is 1. The SMILES string of the molecule is COc1ccc(C(=N)N)cc1Oc1cc(C(N)=O)cc(Oc2cccc(N(C)C)c2)n1.Cl. The lowest BCUT2D eigenvalue weighted by Gasteiger charge is -2.15. The van der Waals surface area contributed by atoms with Gasteiger partial charge in [0.2, 0.25) is 17.7 Å². The van der Waals surface area contributed by atoms with E-state index in [9.17, 15) is 4.79 Å². The number of hydrogen-bond donors (Lipinski definition) is 3. The first-order chi connectivity index (χ1) is 14.8. The van der Waals surface area contributed by atoms with Crippen LogP contribution in [-0.4, -0.2) is 37.9 Å². The van der Waals surface area contributed by atoms with E-state index in [1.807, 2.05) is 37.2 Å². The number of nitrogen functional groups attached to an aromatic ring is 1. The molecule has 0 unspecified atom stereocenters. The molecule has 168 valence electrons. The number of hydrogen-bond acceptors (Lipinski definition) is 7. The van der Waals surface area contributed by atoms with Gasteiger partial charge in [0, 0.05) is 49.1 Å². The van der Waals surface area contributed by atoms with E-state index in [0.29, 0.717) is 17.1 Å². The third-order valence-electron chi connectivity index (χ3n) is 4.31. The van der Waals surface area contributed by atoms with Gasteiger partial charge < -0.3 is 30.6 Å². The summed E-state index contributed by atoms with van der Waals surface area (Å²) in [7, 11) is 5.31. The van der Waals surface area contributed by atoms with E-state index < -0.39 is 5.91 Å². The molecule has 3 rings (SSSR count). The molecule has 5 N–H and O–H groups in total. The van der Waals surface area contributed by atoms with Gasteiger partial charge >= 0.3 is 0 Å². The van der Waals surface area contributed by atoms with E-state index >= 15 is 0 Å². The molecule has 0 fully saturated rings. The Hall–Kier alpha value is -3.98. The van der Waals surface area contributed by atoms with Crippen molar-refractivity contribution in [2.24, 2.45) is 11.5 Å². The molecule has 2 aromatic carbocycles. The highest BCUT2D eigenvalue weighted by Gasteiger charge is 2.14. The van der Waals surface area contributed by atoms with Crippen LogP contribution in [0.15, 0.2) is 54.6 Å². The fraction of sp³-hybridized carbons (Fsp3) is 0.136. The lowest BCUT2D eigenvalue weighted by Crippen LogP contribution is -2.12. The predicted octanol–water partition coefficient (Wildman–Crippen LogP) is 3.55. The number of pyridine rings is 1. The smallest absolute Gasteiger partial charge is 0.249 e. The van der Waals surface area contributed by atoms with Gasteiger partial charge in [-0.2, -0.15) is 4.98 Å². The Labute approximate surface area is 191 Å². The van der Waals surface area contributed by atoms with Gasteiger partial charge in [0.15, 0.2) is 11.5 Å². The zero-order valence-corrected chi connectivity index (χ0v) is 18.6. The number of primary amides is 1. The Balaban J connectivity index is 0.00000363. The molecular weight excluding hydrogens is 434 g/mol. The van der Waals surface area contributed by atoms with Gasteiger partial charge in [-0.05, 0) is 30.3 Å². The van der Waals surface area contributed by atoms with Crippen LogP contribution in [0.25, 0.3) is 0 Å². The molecule has 0 spiro atoms. The molecule has 1 amide bonds. The zero-order chi connectivity index (χ0) is 22.5. The number of amides is 1. The van der Waals surface area contributed by atoms with Crippen molar-refractivity contribution in [3.63, 3.8) is 0 Å². The number of nitrogens with zero attached hydrogens (tertiary/aromatic N) is 2. The second kappa shape index (κ2) is 10.4. The summed E-state index contributed by atoms with van der Waals surface area (Å²) in [5.41, 5.74) is 12.6. The van der Waals surface area contributed by atoms with Crippen LogP contribution in [0.4, 0.5) is 5.69 Å². The number of aromatic nitrogens is 1. The van der Waals surface area contributed by atoms with E-state index in [1.165, 1.54) is 19.2 Å². The average molecular weight is 458 g/mol. The summed E-state index contributed by atoms with van der Waals surface area (Å²) < 4.78 is 17.0. The molecule has 1 aromatic heterocycles. The molecule has 0 aliphatic carbocycles. The number of amidine groups is 1. The molecule has 9 nitrogen and oxygen atoms in total. The van der Waals surface area contributed by atoms with Crippen molar-refractivity contribution < 1.29 is 19.0 Å². The van der Waals surface area contributed by atoms with Crippen LogP contribution in [-0.2, 0) is 0 Å². The molecule has 0 radical (unpaired) electrons. The fourth-order valence-corrected chi connectivity index (χ4v) is 2.71. The number of benzene rings is 2. The normalized spacial score (nSPS) is 9.97. The fourth-order valence-electron chi connectivity index (χ4n) is 2.71. The number of anilines is 1. The molecule has 1 heterocycles. The topological polar surface area (TPSA) is 137 Å². The minimum absolute atomic E-state index is 0. The van der Waals surface area contributed by atoms with Crippen LogP contribution in [0.5, 0.6) is 29.0 Å². The summed E-state index contributed by atoms with van der Waals surface area (Å²) in [6, 6.07) is 15.0. The Morgan fingerprint density at radius 1 is 0.938 bits per heavy atom. The molecule has 3 aromatic rings. The maximum absolute atomic E-state index is 11.8. The first-order valence-electron chi connectivity index (χ1n) is 9.24. The Morgan fingerprint density at radius 2 is 1.62 bits per heavy atom. The summed E-state index contributed by atoms with van der Waals surface area (Å²) in [6.45, 7) is 0. The molecule has 0 aliphatic rings. The largest absolute Gasteiger partial charge is 0.493 e. The summed E-state index contributed by atoms with van der Waals surface area (Å²) in [5, 5.41) is 7.62. The second-order valence-corrected chi connectivity index (χ2v) is 6.77. The zero-order valence-electron chi connectivity index (χ0n) is 17.8. The van der Waals surface area contributed by atoms with E-state index in [1.54, 1.807) is 24.3 Å². The number of carbonyl (C=O) groups is 1. The van der Waals surface area contributed by atoms with E-state index in [-0.39, 0.29) is 41.3 Å². The maximum Gasteiger partial charge on any atom is 0.249 e. The molecule has 0 saturated carbocycles. The lowest BCUT2D eigenvalue weighted by atomic mass is 10.2. The van der Waals surface area contributed by atoms with E-state index in [0.717, 1.165) is 5.69 Å². The van der Waals surface area contributed by atoms with Crippen molar-refractivity contribution in [1.29, 1.82) is 5.41 Å². The van der Waals surface area contributed by atoms with Crippen LogP contribution in [0.3, 0.4) is 0 Å². The average Bonchev–Trinajstić information content (AvgIpc) is 2.73. The molecular formula is C22H24ClN5O4. The molecule has 0 bridgehead atoms. The predicted molar refractivity (Wildman–Crippen MR) is 125 cm³/mol. The number of nitrogens with one attached hydrogen (secondary N) is 1. The Kier molecular flexibility index (Phi) is 7.86. The number of ether oxygens (including phenoxy) is 3. The van der Waals surface area contributed by atoms with Gasteiger partial charge in [-0.1, -0.05) is 6.07 Å². The number of carbonyl (C=O) groups excluding carboxylic acids is 1.